The molecule has 0 spiro atoms. The van der Waals surface area contributed by atoms with E-state index in [9.17, 15) is 4.79 Å². The zero-order valence-electron chi connectivity index (χ0n) is 14.1. The summed E-state index contributed by atoms with van der Waals surface area (Å²) in [6, 6.07) is 20.2. The molecule has 0 radical (unpaired) electrons. The van der Waals surface area contributed by atoms with Gasteiger partial charge in [-0.3, -0.25) is 4.79 Å². The highest BCUT2D eigenvalue weighted by Gasteiger charge is 2.14. The van der Waals surface area contributed by atoms with Crippen LogP contribution >= 0.6 is 11.3 Å². The fourth-order valence-corrected chi connectivity index (χ4v) is 3.21. The van der Waals surface area contributed by atoms with Crippen LogP contribution in [0.15, 0.2) is 72.1 Å². The van der Waals surface area contributed by atoms with Gasteiger partial charge in [-0.25, -0.2) is 4.98 Å². The summed E-state index contributed by atoms with van der Waals surface area (Å²) >= 11 is 1.57. The number of thiazole rings is 1. The highest BCUT2D eigenvalue weighted by atomic mass is 32.1. The van der Waals surface area contributed by atoms with Gasteiger partial charge in [0, 0.05) is 11.5 Å². The van der Waals surface area contributed by atoms with E-state index in [4.69, 9.17) is 0 Å². The Bertz CT molecular complexity index is 841. The molecular formula is C21H20N2OS. The number of benzene rings is 2. The molecule has 126 valence electrons. The minimum atomic E-state index is -0.115. The van der Waals surface area contributed by atoms with Crippen LogP contribution < -0.4 is 5.32 Å². The molecule has 25 heavy (non-hydrogen) atoms. The molecule has 0 fully saturated rings. The number of aryl methyl sites for hydroxylation is 1. The largest absolute Gasteiger partial charge is 0.345 e. The highest BCUT2D eigenvalue weighted by Crippen LogP contribution is 2.18. The van der Waals surface area contributed by atoms with Gasteiger partial charge in [-0.1, -0.05) is 60.7 Å². The molecule has 0 aliphatic heterocycles. The Labute approximate surface area is 152 Å². The zero-order valence-corrected chi connectivity index (χ0v) is 14.9. The topological polar surface area (TPSA) is 42.0 Å². The van der Waals surface area contributed by atoms with E-state index >= 15 is 0 Å². The Morgan fingerprint density at radius 3 is 2.44 bits per heavy atom. The second kappa shape index (κ2) is 8.40. The van der Waals surface area contributed by atoms with Crippen molar-refractivity contribution in [1.82, 2.24) is 10.3 Å². The van der Waals surface area contributed by atoms with E-state index in [1.54, 1.807) is 23.5 Å². The minimum Gasteiger partial charge on any atom is -0.345 e. The fraction of sp³-hybridized carbons (Fsp3) is 0.143. The van der Waals surface area contributed by atoms with E-state index in [1.165, 1.54) is 5.56 Å². The van der Waals surface area contributed by atoms with Crippen molar-refractivity contribution < 1.29 is 4.79 Å². The van der Waals surface area contributed by atoms with E-state index in [2.05, 4.69) is 22.4 Å². The maximum atomic E-state index is 12.4. The van der Waals surface area contributed by atoms with Crippen LogP contribution in [0.2, 0.25) is 0 Å². The molecule has 3 rings (SSSR count). The van der Waals surface area contributed by atoms with Crippen molar-refractivity contribution in [1.29, 1.82) is 0 Å². The molecule has 1 aromatic heterocycles. The summed E-state index contributed by atoms with van der Waals surface area (Å²) in [5, 5.41) is 6.04. The predicted molar refractivity (Wildman–Crippen MR) is 103 cm³/mol. The maximum absolute atomic E-state index is 12.4. The van der Waals surface area contributed by atoms with Crippen LogP contribution in [0.4, 0.5) is 0 Å². The van der Waals surface area contributed by atoms with Crippen LogP contribution in [0.25, 0.3) is 6.08 Å². The third-order valence-corrected chi connectivity index (χ3v) is 4.64. The van der Waals surface area contributed by atoms with Crippen molar-refractivity contribution in [2.24, 2.45) is 0 Å². The molecular weight excluding hydrogens is 328 g/mol. The number of hydrogen-bond donors (Lipinski definition) is 1. The van der Waals surface area contributed by atoms with Gasteiger partial charge in [-0.2, -0.15) is 0 Å². The first-order valence-electron chi connectivity index (χ1n) is 8.20. The molecule has 0 aliphatic rings. The van der Waals surface area contributed by atoms with E-state index in [0.29, 0.717) is 0 Å². The minimum absolute atomic E-state index is 0.0714. The van der Waals surface area contributed by atoms with Crippen LogP contribution in [0, 0.1) is 6.92 Å². The van der Waals surface area contributed by atoms with Crippen molar-refractivity contribution in [2.45, 2.75) is 19.4 Å². The number of hydrogen-bond acceptors (Lipinski definition) is 3. The third-order valence-electron chi connectivity index (χ3n) is 3.84. The Balaban J connectivity index is 1.73. The number of carbonyl (C=O) groups excluding carboxylic acids is 1. The fourth-order valence-electron chi connectivity index (χ4n) is 2.62. The molecule has 4 heteroatoms. The Kier molecular flexibility index (Phi) is 5.75. The van der Waals surface area contributed by atoms with Gasteiger partial charge in [0.05, 0.1) is 16.7 Å². The lowest BCUT2D eigenvalue weighted by molar-refractivity contribution is -0.117. The van der Waals surface area contributed by atoms with Crippen LogP contribution in [0.5, 0.6) is 0 Å². The van der Waals surface area contributed by atoms with Gasteiger partial charge in [0.2, 0.25) is 5.91 Å². The predicted octanol–water partition coefficient (Wildman–Crippen LogP) is 4.56. The molecule has 0 saturated carbocycles. The summed E-state index contributed by atoms with van der Waals surface area (Å²) in [7, 11) is 0. The normalized spacial score (nSPS) is 12.2. The molecule has 0 bridgehead atoms. The molecule has 3 nitrogen and oxygen atoms in total. The summed E-state index contributed by atoms with van der Waals surface area (Å²) < 4.78 is 0. The lowest BCUT2D eigenvalue weighted by atomic mass is 9.99. The van der Waals surface area contributed by atoms with E-state index in [0.717, 1.165) is 22.7 Å². The van der Waals surface area contributed by atoms with Crippen molar-refractivity contribution >= 4 is 23.3 Å². The third kappa shape index (κ3) is 5.13. The summed E-state index contributed by atoms with van der Waals surface area (Å²) in [6.45, 7) is 1.95. The lowest BCUT2D eigenvalue weighted by Gasteiger charge is -2.18. The van der Waals surface area contributed by atoms with Crippen LogP contribution in [-0.2, 0) is 11.2 Å². The van der Waals surface area contributed by atoms with Gasteiger partial charge in [-0.05, 0) is 30.5 Å². The van der Waals surface area contributed by atoms with Gasteiger partial charge in [-0.15, -0.1) is 11.3 Å². The monoisotopic (exact) mass is 348 g/mol. The molecule has 1 unspecified atom stereocenters. The SMILES string of the molecule is Cc1nc(/C=C/C(=O)NC(Cc2ccccc2)c2ccccc2)cs1. The number of nitrogens with one attached hydrogen (secondary N) is 1. The van der Waals surface area contributed by atoms with E-state index in [-0.39, 0.29) is 11.9 Å². The first-order valence-corrected chi connectivity index (χ1v) is 9.08. The Morgan fingerprint density at radius 2 is 1.80 bits per heavy atom. The van der Waals surface area contributed by atoms with Gasteiger partial charge in [0.25, 0.3) is 0 Å². The number of nitrogens with zero attached hydrogens (tertiary/aromatic N) is 1. The number of rotatable bonds is 6. The zero-order chi connectivity index (χ0) is 17.5. The van der Waals surface area contributed by atoms with Crippen molar-refractivity contribution in [3.63, 3.8) is 0 Å². The number of aromatic nitrogens is 1. The molecule has 0 aliphatic carbocycles. The van der Waals surface area contributed by atoms with Crippen molar-refractivity contribution in [2.75, 3.05) is 0 Å². The molecule has 0 saturated heterocycles. The van der Waals surface area contributed by atoms with Gasteiger partial charge in [0.1, 0.15) is 0 Å². The second-order valence-corrected chi connectivity index (χ2v) is 6.85. The van der Waals surface area contributed by atoms with E-state index < -0.39 is 0 Å². The first kappa shape index (κ1) is 17.1. The summed E-state index contributed by atoms with van der Waals surface area (Å²) in [5.41, 5.74) is 3.10. The smallest absolute Gasteiger partial charge is 0.244 e. The number of amides is 1. The van der Waals surface area contributed by atoms with E-state index in [1.807, 2.05) is 60.8 Å². The summed E-state index contributed by atoms with van der Waals surface area (Å²) in [6.07, 6.45) is 4.05. The Hall–Kier alpha value is -2.72. The molecule has 3 aromatic rings. The van der Waals surface area contributed by atoms with Crippen molar-refractivity contribution in [3.8, 4) is 0 Å². The van der Waals surface area contributed by atoms with Crippen LogP contribution in [0.3, 0.4) is 0 Å². The maximum Gasteiger partial charge on any atom is 0.244 e. The summed E-state index contributed by atoms with van der Waals surface area (Å²) in [5.74, 6) is -0.115. The molecule has 1 amide bonds. The molecule has 1 atom stereocenters. The van der Waals surface area contributed by atoms with Crippen LogP contribution in [-0.4, -0.2) is 10.9 Å². The average Bonchev–Trinajstić information content (AvgIpc) is 3.06. The van der Waals surface area contributed by atoms with Gasteiger partial charge in [0.15, 0.2) is 0 Å². The second-order valence-electron chi connectivity index (χ2n) is 5.79. The standard InChI is InChI=1S/C21H20N2OS/c1-16-22-19(15-25-16)12-13-21(24)23-20(18-10-6-3-7-11-18)14-17-8-4-2-5-9-17/h2-13,15,20H,14H2,1H3,(H,23,24)/b13-12+. The lowest BCUT2D eigenvalue weighted by Crippen LogP contribution is -2.28. The summed E-state index contributed by atoms with van der Waals surface area (Å²) in [4.78, 5) is 16.7. The van der Waals surface area contributed by atoms with Crippen LogP contribution in [0.1, 0.15) is 27.9 Å². The van der Waals surface area contributed by atoms with Gasteiger partial charge < -0.3 is 5.32 Å². The average molecular weight is 348 g/mol. The molecule has 2 aromatic carbocycles. The van der Waals surface area contributed by atoms with Gasteiger partial charge >= 0.3 is 0 Å². The molecule has 1 N–H and O–H groups in total. The molecule has 1 heterocycles. The number of carbonyl (C=O) groups is 1. The first-order chi connectivity index (χ1) is 12.2. The Morgan fingerprint density at radius 1 is 1.12 bits per heavy atom. The quantitative estimate of drug-likeness (QED) is 0.663. The van der Waals surface area contributed by atoms with Crippen molar-refractivity contribution in [3.05, 3.63) is 93.9 Å². The highest BCUT2D eigenvalue weighted by molar-refractivity contribution is 7.09.